The average Bonchev–Trinajstić information content (AvgIpc) is 2.77. The van der Waals surface area contributed by atoms with Crippen molar-refractivity contribution < 1.29 is 14.3 Å². The van der Waals surface area contributed by atoms with Crippen molar-refractivity contribution in [2.45, 2.75) is 33.0 Å². The van der Waals surface area contributed by atoms with Gasteiger partial charge in [0.05, 0.1) is 27.0 Å². The topological polar surface area (TPSA) is 99.4 Å². The van der Waals surface area contributed by atoms with E-state index in [1.165, 1.54) is 4.57 Å². The first-order valence-electron chi connectivity index (χ1n) is 9.85. The zero-order valence-corrected chi connectivity index (χ0v) is 18.9. The van der Waals surface area contributed by atoms with Crippen LogP contribution in [0.25, 0.3) is 10.9 Å². The SMILES string of the molecule is CCn1c(=O)c2ccccc2n(CC(=O)OCC(=O)NC(C)c2ccc(Cl)c(Cl)c2)c1=O. The van der Waals surface area contributed by atoms with Crippen LogP contribution in [-0.2, 0) is 27.4 Å². The molecular weight excluding hydrogens is 457 g/mol. The monoisotopic (exact) mass is 477 g/mol. The minimum Gasteiger partial charge on any atom is -0.454 e. The number of halogens is 2. The van der Waals surface area contributed by atoms with E-state index in [9.17, 15) is 19.2 Å². The third-order valence-corrected chi connectivity index (χ3v) is 5.66. The summed E-state index contributed by atoms with van der Waals surface area (Å²) in [5.74, 6) is -1.30. The Kier molecular flexibility index (Phi) is 7.37. The lowest BCUT2D eigenvalue weighted by Gasteiger charge is -2.16. The Morgan fingerprint density at radius 2 is 1.78 bits per heavy atom. The molecule has 10 heteroatoms. The van der Waals surface area contributed by atoms with Crippen LogP contribution in [0, 0.1) is 0 Å². The second-order valence-corrected chi connectivity index (χ2v) is 7.87. The number of hydrogen-bond acceptors (Lipinski definition) is 5. The zero-order chi connectivity index (χ0) is 23.4. The van der Waals surface area contributed by atoms with E-state index in [2.05, 4.69) is 5.32 Å². The Morgan fingerprint density at radius 3 is 2.47 bits per heavy atom. The fourth-order valence-electron chi connectivity index (χ4n) is 3.27. The van der Waals surface area contributed by atoms with Gasteiger partial charge in [-0.1, -0.05) is 41.4 Å². The summed E-state index contributed by atoms with van der Waals surface area (Å²) in [6, 6.07) is 11.1. The van der Waals surface area contributed by atoms with Crippen molar-refractivity contribution in [2.75, 3.05) is 6.61 Å². The lowest BCUT2D eigenvalue weighted by Crippen LogP contribution is -2.41. The van der Waals surface area contributed by atoms with Crippen molar-refractivity contribution in [1.29, 1.82) is 0 Å². The van der Waals surface area contributed by atoms with Crippen LogP contribution in [0.1, 0.15) is 25.5 Å². The first kappa shape index (κ1) is 23.6. The normalized spacial score (nSPS) is 11.9. The van der Waals surface area contributed by atoms with E-state index in [1.54, 1.807) is 56.3 Å². The van der Waals surface area contributed by atoms with E-state index in [0.717, 1.165) is 10.1 Å². The first-order chi connectivity index (χ1) is 15.2. The number of benzene rings is 2. The lowest BCUT2D eigenvalue weighted by atomic mass is 10.1. The highest BCUT2D eigenvalue weighted by Crippen LogP contribution is 2.25. The van der Waals surface area contributed by atoms with Crippen molar-refractivity contribution >= 4 is 46.0 Å². The largest absolute Gasteiger partial charge is 0.454 e. The summed E-state index contributed by atoms with van der Waals surface area (Å²) in [5, 5.41) is 3.78. The summed E-state index contributed by atoms with van der Waals surface area (Å²) in [4.78, 5) is 49.7. The number of hydrogen-bond donors (Lipinski definition) is 1. The van der Waals surface area contributed by atoms with Gasteiger partial charge in [0.2, 0.25) is 0 Å². The molecule has 168 valence electrons. The summed E-state index contributed by atoms with van der Waals surface area (Å²) in [6.45, 7) is 2.62. The molecule has 0 radical (unpaired) electrons. The van der Waals surface area contributed by atoms with Crippen molar-refractivity contribution in [3.63, 3.8) is 0 Å². The van der Waals surface area contributed by atoms with Crippen molar-refractivity contribution in [2.24, 2.45) is 0 Å². The molecule has 1 heterocycles. The van der Waals surface area contributed by atoms with Gasteiger partial charge in [0.25, 0.3) is 11.5 Å². The molecule has 0 saturated heterocycles. The summed E-state index contributed by atoms with van der Waals surface area (Å²) in [7, 11) is 0. The molecule has 8 nitrogen and oxygen atoms in total. The number of esters is 1. The Morgan fingerprint density at radius 1 is 1.06 bits per heavy atom. The number of carbonyl (C=O) groups is 2. The van der Waals surface area contributed by atoms with Crippen LogP contribution < -0.4 is 16.6 Å². The van der Waals surface area contributed by atoms with Gasteiger partial charge >= 0.3 is 11.7 Å². The number of ether oxygens (including phenoxy) is 1. The highest BCUT2D eigenvalue weighted by atomic mass is 35.5. The Labute approximate surface area is 193 Å². The quantitative estimate of drug-likeness (QED) is 0.527. The number of para-hydroxylation sites is 1. The molecule has 1 atom stereocenters. The maximum atomic E-state index is 12.7. The standard InChI is InChI=1S/C22H21Cl2N3O5/c1-3-26-21(30)15-6-4-5-7-18(15)27(22(26)31)11-20(29)32-12-19(28)25-13(2)14-8-9-16(23)17(24)10-14/h4-10,13H,3,11-12H2,1-2H3,(H,25,28). The van der Waals surface area contributed by atoms with E-state index in [1.807, 2.05) is 0 Å². The van der Waals surface area contributed by atoms with E-state index < -0.39 is 42.3 Å². The van der Waals surface area contributed by atoms with Crippen LogP contribution in [0.2, 0.25) is 10.0 Å². The zero-order valence-electron chi connectivity index (χ0n) is 17.4. The van der Waals surface area contributed by atoms with Gasteiger partial charge in [-0.25, -0.2) is 4.79 Å². The van der Waals surface area contributed by atoms with Crippen LogP contribution in [0.4, 0.5) is 0 Å². The van der Waals surface area contributed by atoms with Gasteiger partial charge in [-0.3, -0.25) is 23.5 Å². The highest BCUT2D eigenvalue weighted by molar-refractivity contribution is 6.42. The molecule has 0 saturated carbocycles. The maximum Gasteiger partial charge on any atom is 0.332 e. The van der Waals surface area contributed by atoms with E-state index in [0.29, 0.717) is 20.9 Å². The van der Waals surface area contributed by atoms with Gasteiger partial charge in [0.1, 0.15) is 6.54 Å². The van der Waals surface area contributed by atoms with Crippen LogP contribution >= 0.6 is 23.2 Å². The van der Waals surface area contributed by atoms with Gasteiger partial charge in [-0.15, -0.1) is 0 Å². The predicted molar refractivity (Wildman–Crippen MR) is 122 cm³/mol. The van der Waals surface area contributed by atoms with Gasteiger partial charge in [0.15, 0.2) is 6.61 Å². The predicted octanol–water partition coefficient (Wildman–Crippen LogP) is 2.91. The summed E-state index contributed by atoms with van der Waals surface area (Å²) in [6.07, 6.45) is 0. The van der Waals surface area contributed by atoms with Gasteiger partial charge < -0.3 is 10.1 Å². The molecule has 1 unspecified atom stereocenters. The van der Waals surface area contributed by atoms with E-state index in [4.69, 9.17) is 27.9 Å². The molecule has 1 amide bonds. The molecule has 1 N–H and O–H groups in total. The molecule has 3 aromatic rings. The third-order valence-electron chi connectivity index (χ3n) is 4.92. The van der Waals surface area contributed by atoms with Gasteiger partial charge in [-0.2, -0.15) is 0 Å². The van der Waals surface area contributed by atoms with Crippen LogP contribution in [0.15, 0.2) is 52.1 Å². The minimum atomic E-state index is -0.782. The minimum absolute atomic E-state index is 0.159. The van der Waals surface area contributed by atoms with Crippen molar-refractivity contribution in [1.82, 2.24) is 14.5 Å². The number of rotatable bonds is 7. The molecule has 0 bridgehead atoms. The molecule has 2 aromatic carbocycles. The van der Waals surface area contributed by atoms with Gasteiger partial charge in [0, 0.05) is 6.54 Å². The molecule has 1 aromatic heterocycles. The molecule has 0 fully saturated rings. The fraction of sp³-hybridized carbons (Fsp3) is 0.273. The first-order valence-corrected chi connectivity index (χ1v) is 10.6. The van der Waals surface area contributed by atoms with Crippen LogP contribution in [-0.4, -0.2) is 27.6 Å². The number of aromatic nitrogens is 2. The Bertz CT molecular complexity index is 1300. The summed E-state index contributed by atoms with van der Waals surface area (Å²) in [5.41, 5.74) is 0.0139. The van der Waals surface area contributed by atoms with E-state index in [-0.39, 0.29) is 6.54 Å². The smallest absolute Gasteiger partial charge is 0.332 e. The van der Waals surface area contributed by atoms with Crippen molar-refractivity contribution in [3.05, 3.63) is 78.9 Å². The molecule has 0 spiro atoms. The third kappa shape index (κ3) is 5.03. The van der Waals surface area contributed by atoms with Gasteiger partial charge in [-0.05, 0) is 43.7 Å². The Hall–Kier alpha value is -3.10. The maximum absolute atomic E-state index is 12.7. The fourth-order valence-corrected chi connectivity index (χ4v) is 3.58. The highest BCUT2D eigenvalue weighted by Gasteiger charge is 2.17. The molecule has 0 aliphatic heterocycles. The number of fused-ring (bicyclic) bond motifs is 1. The second-order valence-electron chi connectivity index (χ2n) is 7.06. The average molecular weight is 478 g/mol. The number of amides is 1. The number of nitrogens with zero attached hydrogens (tertiary/aromatic N) is 2. The summed E-state index contributed by atoms with van der Waals surface area (Å²) >= 11 is 11.9. The molecule has 0 aliphatic rings. The molecular formula is C22H21Cl2N3O5. The van der Waals surface area contributed by atoms with Crippen LogP contribution in [0.5, 0.6) is 0 Å². The molecule has 32 heavy (non-hydrogen) atoms. The molecule has 3 rings (SSSR count). The molecule has 0 aliphatic carbocycles. The number of nitrogens with one attached hydrogen (secondary N) is 1. The second kappa shape index (κ2) is 10.0. The Balaban J connectivity index is 1.68. The van der Waals surface area contributed by atoms with E-state index >= 15 is 0 Å². The van der Waals surface area contributed by atoms with Crippen molar-refractivity contribution in [3.8, 4) is 0 Å². The summed E-state index contributed by atoms with van der Waals surface area (Å²) < 4.78 is 7.26. The number of carbonyl (C=O) groups excluding carboxylic acids is 2. The van der Waals surface area contributed by atoms with Crippen LogP contribution in [0.3, 0.4) is 0 Å². The lowest BCUT2D eigenvalue weighted by molar-refractivity contribution is -0.149.